The van der Waals surface area contributed by atoms with Crippen LogP contribution < -0.4 is 15.2 Å². The van der Waals surface area contributed by atoms with Gasteiger partial charge in [-0.1, -0.05) is 19.9 Å². The van der Waals surface area contributed by atoms with Crippen LogP contribution >= 0.6 is 0 Å². The lowest BCUT2D eigenvalue weighted by molar-refractivity contribution is 0.172. The quantitative estimate of drug-likeness (QED) is 0.628. The summed E-state index contributed by atoms with van der Waals surface area (Å²) in [6.07, 6.45) is 0. The molecule has 74 valence electrons. The number of para-hydroxylation sites is 1. The number of hydrogen-bond acceptors (Lipinski definition) is 3. The molecule has 1 heterocycles. The van der Waals surface area contributed by atoms with Gasteiger partial charge in [-0.05, 0) is 12.1 Å². The average Bonchev–Trinajstić information content (AvgIpc) is 2.22. The van der Waals surface area contributed by atoms with Crippen molar-refractivity contribution in [2.75, 3.05) is 18.9 Å². The summed E-state index contributed by atoms with van der Waals surface area (Å²) in [4.78, 5) is 0. The van der Waals surface area contributed by atoms with Crippen molar-refractivity contribution in [3.63, 3.8) is 0 Å². The minimum absolute atomic E-state index is 0. The first kappa shape index (κ1) is 9.71. The number of fused-ring (bicyclic) bond motifs is 1. The van der Waals surface area contributed by atoms with E-state index >= 15 is 0 Å². The smallest absolute Gasteiger partial charge is 0.184 e. The maximum Gasteiger partial charge on any atom is 0.184 e. The molecule has 0 aromatic heterocycles. The van der Waals surface area contributed by atoms with Gasteiger partial charge in [0, 0.05) is 1.43 Å². The largest absolute Gasteiger partial charge is 0.486 e. The zero-order valence-electron chi connectivity index (χ0n) is 8.04. The van der Waals surface area contributed by atoms with Crippen LogP contribution in [0.1, 0.15) is 15.3 Å². The lowest BCUT2D eigenvalue weighted by Gasteiger charge is -2.19. The summed E-state index contributed by atoms with van der Waals surface area (Å²) in [5, 5.41) is 0. The van der Waals surface area contributed by atoms with E-state index in [4.69, 9.17) is 15.2 Å². The maximum atomic E-state index is 5.64. The van der Waals surface area contributed by atoms with Crippen molar-refractivity contribution < 1.29 is 10.9 Å². The predicted octanol–water partition coefficient (Wildman–Crippen LogP) is 2.31. The first-order chi connectivity index (χ1) is 6.38. The molecule has 3 heteroatoms. The molecule has 2 N–H and O–H groups in total. The van der Waals surface area contributed by atoms with Crippen LogP contribution in [-0.4, -0.2) is 13.2 Å². The summed E-state index contributed by atoms with van der Waals surface area (Å²) in [7, 11) is 0. The van der Waals surface area contributed by atoms with E-state index < -0.39 is 0 Å². The van der Waals surface area contributed by atoms with Crippen LogP contribution in [-0.2, 0) is 0 Å². The van der Waals surface area contributed by atoms with Crippen molar-refractivity contribution in [2.24, 2.45) is 0 Å². The van der Waals surface area contributed by atoms with Gasteiger partial charge >= 0.3 is 0 Å². The number of rotatable bonds is 0. The summed E-state index contributed by atoms with van der Waals surface area (Å²) in [6, 6.07) is 5.50. The van der Waals surface area contributed by atoms with Gasteiger partial charge in [0.25, 0.3) is 0 Å². The lowest BCUT2D eigenvalue weighted by atomic mass is 10.2. The Hall–Kier alpha value is -1.38. The molecule has 3 nitrogen and oxygen atoms in total. The molecule has 0 radical (unpaired) electrons. The van der Waals surface area contributed by atoms with Crippen molar-refractivity contribution in [1.29, 1.82) is 0 Å². The molecule has 2 rings (SSSR count). The average molecular weight is 183 g/mol. The minimum Gasteiger partial charge on any atom is -0.486 e. The fraction of sp³-hybridized carbons (Fsp3) is 0.400. The van der Waals surface area contributed by atoms with Crippen LogP contribution in [0.5, 0.6) is 11.5 Å². The van der Waals surface area contributed by atoms with Gasteiger partial charge in [0.05, 0.1) is 5.69 Å². The number of ether oxygens (including phenoxy) is 2. The van der Waals surface area contributed by atoms with E-state index in [0.717, 1.165) is 5.75 Å². The van der Waals surface area contributed by atoms with Gasteiger partial charge in [0.2, 0.25) is 0 Å². The molecule has 13 heavy (non-hydrogen) atoms. The van der Waals surface area contributed by atoms with Crippen molar-refractivity contribution in [3.05, 3.63) is 18.2 Å². The zero-order chi connectivity index (χ0) is 9.68. The third kappa shape index (κ3) is 2.05. The second-order valence-corrected chi connectivity index (χ2v) is 2.37. The van der Waals surface area contributed by atoms with Gasteiger partial charge < -0.3 is 15.2 Å². The maximum absolute atomic E-state index is 5.64. The predicted molar refractivity (Wildman–Crippen MR) is 55.3 cm³/mol. The van der Waals surface area contributed by atoms with Crippen LogP contribution in [0.3, 0.4) is 0 Å². The monoisotopic (exact) mass is 183 g/mol. The number of benzene rings is 1. The molecule has 1 aliphatic heterocycles. The van der Waals surface area contributed by atoms with Gasteiger partial charge in [-0.15, -0.1) is 0 Å². The second kappa shape index (κ2) is 4.60. The highest BCUT2D eigenvalue weighted by Crippen LogP contribution is 2.34. The minimum atomic E-state index is 0. The van der Waals surface area contributed by atoms with Gasteiger partial charge in [-0.25, -0.2) is 0 Å². The Morgan fingerprint density at radius 1 is 1.23 bits per heavy atom. The highest BCUT2D eigenvalue weighted by Gasteiger charge is 2.12. The van der Waals surface area contributed by atoms with Crippen LogP contribution in [0.2, 0.25) is 0 Å². The fourth-order valence-electron chi connectivity index (χ4n) is 1.10. The number of hydrogen-bond donors (Lipinski definition) is 1. The topological polar surface area (TPSA) is 44.5 Å². The second-order valence-electron chi connectivity index (χ2n) is 2.37. The zero-order valence-corrected chi connectivity index (χ0v) is 8.04. The van der Waals surface area contributed by atoms with Crippen molar-refractivity contribution in [3.8, 4) is 11.5 Å². The number of nitrogens with two attached hydrogens (primary N) is 1. The Bertz CT molecular complexity index is 279. The molecule has 0 atom stereocenters. The van der Waals surface area contributed by atoms with Crippen LogP contribution in [0, 0.1) is 0 Å². The Morgan fingerprint density at radius 3 is 2.62 bits per heavy atom. The fourth-order valence-corrected chi connectivity index (χ4v) is 1.10. The normalized spacial score (nSPS) is 12.8. The van der Waals surface area contributed by atoms with Crippen molar-refractivity contribution >= 4 is 5.69 Å². The number of anilines is 1. The Kier molecular flexibility index (Phi) is 3.43. The Balaban J connectivity index is 0.000000531. The van der Waals surface area contributed by atoms with E-state index in [2.05, 4.69) is 0 Å². The van der Waals surface area contributed by atoms with Gasteiger partial charge in [0.1, 0.15) is 13.2 Å². The van der Waals surface area contributed by atoms with Crippen molar-refractivity contribution in [1.82, 2.24) is 0 Å². The molecule has 1 aromatic carbocycles. The number of nitrogen functional groups attached to an aromatic ring is 1. The molecular weight excluding hydrogens is 166 g/mol. The molecule has 0 saturated heterocycles. The summed E-state index contributed by atoms with van der Waals surface area (Å²) < 4.78 is 10.6. The molecular formula is C10H17NO2. The lowest BCUT2D eigenvalue weighted by Crippen LogP contribution is -2.16. The highest BCUT2D eigenvalue weighted by atomic mass is 16.6. The summed E-state index contributed by atoms with van der Waals surface area (Å²) in [6.45, 7) is 5.19. The molecule has 0 saturated carbocycles. The molecule has 0 fully saturated rings. The molecule has 0 bridgehead atoms. The van der Waals surface area contributed by atoms with E-state index in [-0.39, 0.29) is 1.43 Å². The van der Waals surface area contributed by atoms with E-state index in [9.17, 15) is 0 Å². The summed E-state index contributed by atoms with van der Waals surface area (Å²) in [5.41, 5.74) is 6.28. The third-order valence-corrected chi connectivity index (χ3v) is 1.60. The Morgan fingerprint density at radius 2 is 1.92 bits per heavy atom. The van der Waals surface area contributed by atoms with Gasteiger partial charge in [0.15, 0.2) is 11.5 Å². The van der Waals surface area contributed by atoms with E-state index in [1.165, 1.54) is 0 Å². The van der Waals surface area contributed by atoms with Gasteiger partial charge in [-0.3, -0.25) is 0 Å². The standard InChI is InChI=1S/C8H9NO2.C2H6.H2/c9-6-2-1-3-7-8(6)11-5-4-10-7;1-2;/h1-3H,4-5,9H2;1-2H3;1H. The van der Waals surface area contributed by atoms with E-state index in [1.54, 1.807) is 6.07 Å². The SMILES string of the molecule is CC.Nc1cccc2c1OCCO2.[HH]. The van der Waals surface area contributed by atoms with E-state index in [0.29, 0.717) is 24.7 Å². The summed E-state index contributed by atoms with van der Waals surface area (Å²) >= 11 is 0. The van der Waals surface area contributed by atoms with Crippen LogP contribution in [0.25, 0.3) is 0 Å². The van der Waals surface area contributed by atoms with E-state index in [1.807, 2.05) is 26.0 Å². The third-order valence-electron chi connectivity index (χ3n) is 1.60. The molecule has 1 aromatic rings. The molecule has 0 spiro atoms. The highest BCUT2D eigenvalue weighted by molar-refractivity contribution is 5.60. The van der Waals surface area contributed by atoms with Crippen LogP contribution in [0.15, 0.2) is 18.2 Å². The first-order valence-electron chi connectivity index (χ1n) is 4.52. The van der Waals surface area contributed by atoms with Gasteiger partial charge in [-0.2, -0.15) is 0 Å². The van der Waals surface area contributed by atoms with Crippen molar-refractivity contribution in [2.45, 2.75) is 13.8 Å². The molecule has 0 unspecified atom stereocenters. The molecule has 1 aliphatic rings. The summed E-state index contributed by atoms with van der Waals surface area (Å²) in [5.74, 6) is 1.43. The molecule has 0 aliphatic carbocycles. The Labute approximate surface area is 79.9 Å². The first-order valence-corrected chi connectivity index (χ1v) is 4.52. The van der Waals surface area contributed by atoms with Crippen LogP contribution in [0.4, 0.5) is 5.69 Å². The molecule has 0 amide bonds.